The standard InChI is InChI=1S/C15H32N2O3S/c1-8-21(19)12-10-16-9-11-17(14(2,3)4)13(18)20-15(5,6)7/h16H,8-12H2,1-7H3. The van der Waals surface area contributed by atoms with Crippen LogP contribution in [0.4, 0.5) is 4.79 Å². The zero-order valence-corrected chi connectivity index (χ0v) is 15.4. The van der Waals surface area contributed by atoms with Gasteiger partial charge < -0.3 is 15.0 Å². The fraction of sp³-hybridized carbons (Fsp3) is 0.933. The Balaban J connectivity index is 4.34. The Morgan fingerprint density at radius 2 is 1.71 bits per heavy atom. The van der Waals surface area contributed by atoms with E-state index in [0.29, 0.717) is 31.1 Å². The van der Waals surface area contributed by atoms with Gasteiger partial charge in [0, 0.05) is 47.5 Å². The van der Waals surface area contributed by atoms with Crippen molar-refractivity contribution in [2.24, 2.45) is 0 Å². The molecular formula is C15H32N2O3S. The van der Waals surface area contributed by atoms with Gasteiger partial charge in [-0.2, -0.15) is 0 Å². The van der Waals surface area contributed by atoms with E-state index in [0.717, 1.165) is 0 Å². The topological polar surface area (TPSA) is 58.6 Å². The van der Waals surface area contributed by atoms with Crippen molar-refractivity contribution in [2.45, 2.75) is 59.6 Å². The zero-order valence-electron chi connectivity index (χ0n) is 14.6. The number of hydrogen-bond acceptors (Lipinski definition) is 4. The van der Waals surface area contributed by atoms with Gasteiger partial charge >= 0.3 is 6.09 Å². The maximum absolute atomic E-state index is 12.3. The van der Waals surface area contributed by atoms with Crippen molar-refractivity contribution in [2.75, 3.05) is 31.1 Å². The van der Waals surface area contributed by atoms with Crippen LogP contribution < -0.4 is 5.32 Å². The Morgan fingerprint density at radius 3 is 2.14 bits per heavy atom. The van der Waals surface area contributed by atoms with E-state index in [1.165, 1.54) is 0 Å². The fourth-order valence-corrected chi connectivity index (χ4v) is 2.32. The Labute approximate surface area is 132 Å². The van der Waals surface area contributed by atoms with Crippen molar-refractivity contribution in [1.29, 1.82) is 0 Å². The summed E-state index contributed by atoms with van der Waals surface area (Å²) in [5.41, 5.74) is -0.789. The summed E-state index contributed by atoms with van der Waals surface area (Å²) in [6.45, 7) is 15.4. The molecule has 0 aromatic rings. The van der Waals surface area contributed by atoms with Crippen molar-refractivity contribution < 1.29 is 13.7 Å². The van der Waals surface area contributed by atoms with E-state index in [2.05, 4.69) is 5.32 Å². The number of carbonyl (C=O) groups is 1. The van der Waals surface area contributed by atoms with Gasteiger partial charge in [-0.25, -0.2) is 4.79 Å². The van der Waals surface area contributed by atoms with Crippen molar-refractivity contribution in [3.05, 3.63) is 0 Å². The SMILES string of the molecule is CCS(=O)CCNCCN(C(=O)OC(C)(C)C)C(C)(C)C. The van der Waals surface area contributed by atoms with Crippen LogP contribution in [0.5, 0.6) is 0 Å². The van der Waals surface area contributed by atoms with Gasteiger partial charge in [-0.05, 0) is 41.5 Å². The van der Waals surface area contributed by atoms with Crippen LogP contribution in [-0.2, 0) is 15.5 Å². The molecule has 0 bridgehead atoms. The quantitative estimate of drug-likeness (QED) is 0.732. The van der Waals surface area contributed by atoms with Gasteiger partial charge in [0.2, 0.25) is 0 Å². The second-order valence-electron chi connectivity index (χ2n) is 6.99. The van der Waals surface area contributed by atoms with Crippen LogP contribution in [0.1, 0.15) is 48.5 Å². The number of amides is 1. The minimum absolute atomic E-state index is 0.295. The Hall–Kier alpha value is -0.620. The first kappa shape index (κ1) is 20.4. The summed E-state index contributed by atoms with van der Waals surface area (Å²) in [4.78, 5) is 14.0. The normalized spacial score (nSPS) is 13.9. The number of rotatable bonds is 7. The lowest BCUT2D eigenvalue weighted by atomic mass is 10.1. The molecule has 0 aliphatic heterocycles. The summed E-state index contributed by atoms with van der Waals surface area (Å²) in [7, 11) is -0.748. The third-order valence-electron chi connectivity index (χ3n) is 2.76. The summed E-state index contributed by atoms with van der Waals surface area (Å²) >= 11 is 0. The van der Waals surface area contributed by atoms with Crippen LogP contribution >= 0.6 is 0 Å². The average molecular weight is 320 g/mol. The Kier molecular flexibility index (Phi) is 8.48. The molecule has 0 aromatic heterocycles. The summed E-state index contributed by atoms with van der Waals surface area (Å²) in [5.74, 6) is 1.34. The molecule has 0 saturated heterocycles. The zero-order chi connectivity index (χ0) is 16.7. The lowest BCUT2D eigenvalue weighted by Gasteiger charge is -2.36. The van der Waals surface area contributed by atoms with Gasteiger partial charge in [-0.3, -0.25) is 4.21 Å². The van der Waals surface area contributed by atoms with Crippen LogP contribution in [0.25, 0.3) is 0 Å². The van der Waals surface area contributed by atoms with Crippen molar-refractivity contribution in [3.63, 3.8) is 0 Å². The van der Waals surface area contributed by atoms with E-state index in [9.17, 15) is 9.00 Å². The molecule has 0 aliphatic carbocycles. The molecule has 0 saturated carbocycles. The molecule has 1 unspecified atom stereocenters. The molecule has 1 N–H and O–H groups in total. The summed E-state index contributed by atoms with van der Waals surface area (Å²) in [6.07, 6.45) is -0.297. The molecule has 0 fully saturated rings. The molecule has 0 heterocycles. The van der Waals surface area contributed by atoms with E-state index in [-0.39, 0.29) is 11.6 Å². The second-order valence-corrected chi connectivity index (χ2v) is 8.85. The molecule has 1 atom stereocenters. The highest BCUT2D eigenvalue weighted by Gasteiger charge is 2.30. The molecule has 5 nitrogen and oxygen atoms in total. The summed E-state index contributed by atoms with van der Waals surface area (Å²) < 4.78 is 16.8. The smallest absolute Gasteiger partial charge is 0.410 e. The van der Waals surface area contributed by atoms with Gasteiger partial charge in [0.1, 0.15) is 5.60 Å². The lowest BCUT2D eigenvalue weighted by molar-refractivity contribution is 0.00668. The fourth-order valence-electron chi connectivity index (χ4n) is 1.66. The van der Waals surface area contributed by atoms with Gasteiger partial charge in [0.25, 0.3) is 0 Å². The molecule has 126 valence electrons. The molecule has 21 heavy (non-hydrogen) atoms. The van der Waals surface area contributed by atoms with Crippen LogP contribution in [0.3, 0.4) is 0 Å². The molecule has 0 aliphatic rings. The third-order valence-corrected chi connectivity index (χ3v) is 4.07. The second kappa shape index (κ2) is 8.73. The minimum Gasteiger partial charge on any atom is -0.444 e. The predicted molar refractivity (Wildman–Crippen MR) is 89.1 cm³/mol. The third kappa shape index (κ3) is 9.85. The van der Waals surface area contributed by atoms with Gasteiger partial charge in [0.05, 0.1) is 0 Å². The van der Waals surface area contributed by atoms with Crippen molar-refractivity contribution in [3.8, 4) is 0 Å². The van der Waals surface area contributed by atoms with E-state index < -0.39 is 16.4 Å². The number of hydrogen-bond donors (Lipinski definition) is 1. The highest BCUT2D eigenvalue weighted by Crippen LogP contribution is 2.17. The molecule has 1 amide bonds. The van der Waals surface area contributed by atoms with Crippen LogP contribution in [0.15, 0.2) is 0 Å². The van der Waals surface area contributed by atoms with E-state index >= 15 is 0 Å². The highest BCUT2D eigenvalue weighted by atomic mass is 32.2. The van der Waals surface area contributed by atoms with Crippen LogP contribution in [0, 0.1) is 0 Å². The molecule has 0 spiro atoms. The molecule has 0 radical (unpaired) electrons. The summed E-state index contributed by atoms with van der Waals surface area (Å²) in [6, 6.07) is 0. The highest BCUT2D eigenvalue weighted by molar-refractivity contribution is 7.84. The van der Waals surface area contributed by atoms with Crippen LogP contribution in [0.2, 0.25) is 0 Å². The van der Waals surface area contributed by atoms with E-state index in [1.54, 1.807) is 4.90 Å². The molecular weight excluding hydrogens is 288 g/mol. The number of carbonyl (C=O) groups excluding carboxylic acids is 1. The van der Waals surface area contributed by atoms with Gasteiger partial charge in [-0.15, -0.1) is 0 Å². The first-order chi connectivity index (χ1) is 9.47. The molecule has 0 aromatic carbocycles. The van der Waals surface area contributed by atoms with Gasteiger partial charge in [-0.1, -0.05) is 6.92 Å². The minimum atomic E-state index is -0.748. The number of nitrogens with zero attached hydrogens (tertiary/aromatic N) is 1. The van der Waals surface area contributed by atoms with Crippen molar-refractivity contribution in [1.82, 2.24) is 10.2 Å². The van der Waals surface area contributed by atoms with Crippen molar-refractivity contribution >= 4 is 16.9 Å². The number of nitrogens with one attached hydrogen (secondary N) is 1. The monoisotopic (exact) mass is 320 g/mol. The predicted octanol–water partition coefficient (Wildman–Crippen LogP) is 2.38. The van der Waals surface area contributed by atoms with E-state index in [1.807, 2.05) is 48.5 Å². The lowest BCUT2D eigenvalue weighted by Crippen LogP contribution is -2.50. The Bertz CT molecular complexity index is 346. The maximum atomic E-state index is 12.3. The molecule has 0 rings (SSSR count). The largest absolute Gasteiger partial charge is 0.444 e. The first-order valence-electron chi connectivity index (χ1n) is 7.53. The maximum Gasteiger partial charge on any atom is 0.410 e. The van der Waals surface area contributed by atoms with E-state index in [4.69, 9.17) is 4.74 Å². The molecule has 6 heteroatoms. The summed E-state index contributed by atoms with van der Waals surface area (Å²) in [5, 5.41) is 3.23. The van der Waals surface area contributed by atoms with Crippen LogP contribution in [-0.4, -0.2) is 57.5 Å². The Morgan fingerprint density at radius 1 is 1.14 bits per heavy atom. The number of ether oxygens (including phenoxy) is 1. The average Bonchev–Trinajstić information content (AvgIpc) is 2.28. The van der Waals surface area contributed by atoms with Gasteiger partial charge in [0.15, 0.2) is 0 Å². The first-order valence-corrected chi connectivity index (χ1v) is 9.02.